The van der Waals surface area contributed by atoms with E-state index in [1.807, 2.05) is 42.5 Å². The lowest BCUT2D eigenvalue weighted by Crippen LogP contribution is -2.25. The molecule has 0 saturated heterocycles. The van der Waals surface area contributed by atoms with Crippen molar-refractivity contribution in [1.29, 1.82) is 0 Å². The minimum absolute atomic E-state index is 0.285. The molecule has 3 aromatic carbocycles. The average Bonchev–Trinajstić information content (AvgIpc) is 2.84. The molecule has 7 heteroatoms. The standard InChI is InChI=1S/C25H21N3O4/c1-17(25(30)31-2)32-22-15-9-6-12-19(22)16-26-28-23(18-10-4-3-5-11-18)27-21-14-8-7-13-20(21)24(28)29/h3-17H,1-2H3/t17-/m0/s1. The number of fused-ring (bicyclic) bond motifs is 1. The topological polar surface area (TPSA) is 82.8 Å². The molecule has 32 heavy (non-hydrogen) atoms. The Bertz CT molecular complexity index is 1350. The van der Waals surface area contributed by atoms with Gasteiger partial charge in [-0.15, -0.1) is 0 Å². The summed E-state index contributed by atoms with van der Waals surface area (Å²) >= 11 is 0. The molecule has 0 aliphatic heterocycles. The number of hydrogen-bond donors (Lipinski definition) is 0. The molecule has 4 rings (SSSR count). The van der Waals surface area contributed by atoms with Crippen molar-refractivity contribution in [2.24, 2.45) is 5.10 Å². The van der Waals surface area contributed by atoms with Crippen molar-refractivity contribution in [3.63, 3.8) is 0 Å². The third kappa shape index (κ3) is 4.27. The Morgan fingerprint density at radius 3 is 2.47 bits per heavy atom. The number of nitrogens with zero attached hydrogens (tertiary/aromatic N) is 3. The molecule has 0 amide bonds. The fourth-order valence-electron chi connectivity index (χ4n) is 3.22. The highest BCUT2D eigenvalue weighted by molar-refractivity contribution is 5.85. The van der Waals surface area contributed by atoms with E-state index < -0.39 is 12.1 Å². The fourth-order valence-corrected chi connectivity index (χ4v) is 3.22. The highest BCUT2D eigenvalue weighted by Crippen LogP contribution is 2.20. The van der Waals surface area contributed by atoms with Crippen LogP contribution in [-0.4, -0.2) is 35.1 Å². The largest absolute Gasteiger partial charge is 0.478 e. The predicted octanol–water partition coefficient (Wildman–Crippen LogP) is 3.89. The first-order chi connectivity index (χ1) is 15.6. The second-order valence-corrected chi connectivity index (χ2v) is 7.00. The first kappa shape index (κ1) is 21.0. The minimum atomic E-state index is -0.792. The van der Waals surface area contributed by atoms with Crippen LogP contribution in [0.1, 0.15) is 12.5 Å². The van der Waals surface area contributed by atoms with Crippen molar-refractivity contribution in [3.8, 4) is 17.1 Å². The number of benzene rings is 3. The zero-order valence-corrected chi connectivity index (χ0v) is 17.6. The van der Waals surface area contributed by atoms with Crippen LogP contribution in [0.3, 0.4) is 0 Å². The van der Waals surface area contributed by atoms with Gasteiger partial charge in [-0.3, -0.25) is 4.79 Å². The van der Waals surface area contributed by atoms with Crippen LogP contribution < -0.4 is 10.3 Å². The van der Waals surface area contributed by atoms with E-state index in [4.69, 9.17) is 9.47 Å². The molecule has 4 aromatic rings. The Labute approximate surface area is 184 Å². The lowest BCUT2D eigenvalue weighted by molar-refractivity contribution is -0.147. The molecule has 0 spiro atoms. The Balaban J connectivity index is 1.81. The van der Waals surface area contributed by atoms with E-state index in [0.29, 0.717) is 28.0 Å². The molecule has 0 bridgehead atoms. The highest BCUT2D eigenvalue weighted by atomic mass is 16.6. The summed E-state index contributed by atoms with van der Waals surface area (Å²) in [7, 11) is 1.31. The lowest BCUT2D eigenvalue weighted by Gasteiger charge is -2.14. The molecule has 0 aliphatic rings. The van der Waals surface area contributed by atoms with Gasteiger partial charge in [-0.05, 0) is 31.2 Å². The van der Waals surface area contributed by atoms with Crippen LogP contribution >= 0.6 is 0 Å². The normalized spacial score (nSPS) is 12.1. The van der Waals surface area contributed by atoms with Crippen molar-refractivity contribution >= 4 is 23.1 Å². The number of hydrogen-bond acceptors (Lipinski definition) is 6. The number of esters is 1. The van der Waals surface area contributed by atoms with Crippen LogP contribution in [0.15, 0.2) is 88.8 Å². The zero-order chi connectivity index (χ0) is 22.5. The van der Waals surface area contributed by atoms with Gasteiger partial charge in [-0.1, -0.05) is 54.6 Å². The van der Waals surface area contributed by atoms with Gasteiger partial charge in [0, 0.05) is 11.1 Å². The quantitative estimate of drug-likeness (QED) is 0.344. The molecule has 0 saturated carbocycles. The van der Waals surface area contributed by atoms with Crippen LogP contribution in [-0.2, 0) is 9.53 Å². The van der Waals surface area contributed by atoms with E-state index in [1.165, 1.54) is 18.0 Å². The summed E-state index contributed by atoms with van der Waals surface area (Å²) in [6.45, 7) is 1.60. The number of carbonyl (C=O) groups is 1. The summed E-state index contributed by atoms with van der Waals surface area (Å²) in [5.74, 6) is 0.377. The minimum Gasteiger partial charge on any atom is -0.478 e. The van der Waals surface area contributed by atoms with Crippen molar-refractivity contribution in [3.05, 3.63) is 94.8 Å². The van der Waals surface area contributed by atoms with Gasteiger partial charge in [0.15, 0.2) is 11.9 Å². The van der Waals surface area contributed by atoms with Crippen LogP contribution in [0, 0.1) is 0 Å². The zero-order valence-electron chi connectivity index (χ0n) is 17.6. The highest BCUT2D eigenvalue weighted by Gasteiger charge is 2.16. The number of rotatable bonds is 6. The number of methoxy groups -OCH3 is 1. The van der Waals surface area contributed by atoms with Crippen LogP contribution in [0.25, 0.3) is 22.3 Å². The second kappa shape index (κ2) is 9.26. The van der Waals surface area contributed by atoms with Crippen LogP contribution in [0.2, 0.25) is 0 Å². The fraction of sp³-hybridized carbons (Fsp3) is 0.120. The van der Waals surface area contributed by atoms with Gasteiger partial charge in [0.1, 0.15) is 5.75 Å². The summed E-state index contributed by atoms with van der Waals surface area (Å²) in [6, 6.07) is 23.7. The van der Waals surface area contributed by atoms with Gasteiger partial charge in [0.25, 0.3) is 5.56 Å². The van der Waals surface area contributed by atoms with Crippen molar-refractivity contribution < 1.29 is 14.3 Å². The third-order valence-electron chi connectivity index (χ3n) is 4.85. The van der Waals surface area contributed by atoms with Gasteiger partial charge in [0.2, 0.25) is 0 Å². The summed E-state index contributed by atoms with van der Waals surface area (Å²) < 4.78 is 11.7. The van der Waals surface area contributed by atoms with E-state index in [1.54, 1.807) is 43.3 Å². The molecule has 7 nitrogen and oxygen atoms in total. The van der Waals surface area contributed by atoms with Gasteiger partial charge < -0.3 is 9.47 Å². The first-order valence-electron chi connectivity index (χ1n) is 10.0. The molecule has 1 atom stereocenters. The molecule has 1 heterocycles. The number of ether oxygens (including phenoxy) is 2. The first-order valence-corrected chi connectivity index (χ1v) is 10.0. The molecule has 0 radical (unpaired) electrons. The molecular weight excluding hydrogens is 406 g/mol. The van der Waals surface area contributed by atoms with E-state index in [0.717, 1.165) is 5.56 Å². The van der Waals surface area contributed by atoms with Crippen molar-refractivity contribution in [2.75, 3.05) is 7.11 Å². The SMILES string of the molecule is COC(=O)[C@H](C)Oc1ccccc1C=Nn1c(-c2ccccc2)nc2ccccc2c1=O. The van der Waals surface area contributed by atoms with Crippen LogP contribution in [0.4, 0.5) is 0 Å². The van der Waals surface area contributed by atoms with E-state index in [-0.39, 0.29) is 5.56 Å². The predicted molar refractivity (Wildman–Crippen MR) is 123 cm³/mol. The Morgan fingerprint density at radius 1 is 1.00 bits per heavy atom. The number of para-hydroxylation sites is 2. The van der Waals surface area contributed by atoms with Gasteiger partial charge >= 0.3 is 5.97 Å². The Hall–Kier alpha value is -4.26. The van der Waals surface area contributed by atoms with Crippen molar-refractivity contribution in [1.82, 2.24) is 9.66 Å². The molecule has 0 fully saturated rings. The van der Waals surface area contributed by atoms with Gasteiger partial charge in [-0.25, -0.2) is 9.78 Å². The molecule has 0 unspecified atom stereocenters. The van der Waals surface area contributed by atoms with Gasteiger partial charge in [-0.2, -0.15) is 9.78 Å². The number of carbonyl (C=O) groups excluding carboxylic acids is 1. The average molecular weight is 427 g/mol. The maximum atomic E-state index is 13.3. The molecular formula is C25H21N3O4. The smallest absolute Gasteiger partial charge is 0.346 e. The van der Waals surface area contributed by atoms with E-state index >= 15 is 0 Å². The van der Waals surface area contributed by atoms with E-state index in [2.05, 4.69) is 10.1 Å². The number of aromatic nitrogens is 2. The Morgan fingerprint density at radius 2 is 1.69 bits per heavy atom. The molecule has 0 aliphatic carbocycles. The molecule has 1 aromatic heterocycles. The van der Waals surface area contributed by atoms with Crippen LogP contribution in [0.5, 0.6) is 5.75 Å². The second-order valence-electron chi connectivity index (χ2n) is 7.00. The lowest BCUT2D eigenvalue weighted by atomic mass is 10.2. The van der Waals surface area contributed by atoms with E-state index in [9.17, 15) is 9.59 Å². The molecule has 160 valence electrons. The van der Waals surface area contributed by atoms with Gasteiger partial charge in [0.05, 0.1) is 24.2 Å². The Kier molecular flexibility index (Phi) is 6.07. The third-order valence-corrected chi connectivity index (χ3v) is 4.85. The molecule has 0 N–H and O–H groups in total. The summed E-state index contributed by atoms with van der Waals surface area (Å²) in [4.78, 5) is 29.7. The van der Waals surface area contributed by atoms with Crippen molar-refractivity contribution in [2.45, 2.75) is 13.0 Å². The summed E-state index contributed by atoms with van der Waals surface area (Å²) in [5.41, 5.74) is 1.67. The maximum Gasteiger partial charge on any atom is 0.346 e. The maximum absolute atomic E-state index is 13.3. The summed E-state index contributed by atoms with van der Waals surface area (Å²) in [6.07, 6.45) is 0.725. The summed E-state index contributed by atoms with van der Waals surface area (Å²) in [5, 5.41) is 4.92. The monoisotopic (exact) mass is 427 g/mol.